The molecule has 100 valence electrons. The maximum absolute atomic E-state index is 6.32. The Bertz CT molecular complexity index is 764. The van der Waals surface area contributed by atoms with Gasteiger partial charge in [-0.05, 0) is 36.8 Å². The summed E-state index contributed by atoms with van der Waals surface area (Å²) in [6, 6.07) is 9.66. The van der Waals surface area contributed by atoms with E-state index < -0.39 is 0 Å². The van der Waals surface area contributed by atoms with E-state index in [0.29, 0.717) is 10.8 Å². The van der Waals surface area contributed by atoms with Gasteiger partial charge in [-0.15, -0.1) is 0 Å². The molecule has 2 aromatic heterocycles. The number of pyridine rings is 1. The van der Waals surface area contributed by atoms with Crippen LogP contribution in [0.1, 0.15) is 5.56 Å². The Hall–Kier alpha value is -2.33. The van der Waals surface area contributed by atoms with Gasteiger partial charge in [-0.25, -0.2) is 9.97 Å². The van der Waals surface area contributed by atoms with Crippen LogP contribution in [0.15, 0.2) is 49.1 Å². The largest absolute Gasteiger partial charge is 0.383 e. The van der Waals surface area contributed by atoms with Crippen LogP contribution in [0.2, 0.25) is 5.02 Å². The first-order valence-electron chi connectivity index (χ1n) is 6.16. The fourth-order valence-electron chi connectivity index (χ4n) is 2.13. The molecule has 0 saturated heterocycles. The number of rotatable bonds is 2. The molecule has 3 aromatic rings. The quantitative estimate of drug-likeness (QED) is 0.784. The molecule has 0 spiro atoms. The molecule has 2 N–H and O–H groups in total. The molecular weight excluding hydrogens is 272 g/mol. The lowest BCUT2D eigenvalue weighted by atomic mass is 10.1. The van der Waals surface area contributed by atoms with Crippen LogP contribution >= 0.6 is 11.6 Å². The minimum atomic E-state index is 0.470. The summed E-state index contributed by atoms with van der Waals surface area (Å²) in [5.41, 5.74) is 9.61. The first kappa shape index (κ1) is 12.7. The average Bonchev–Trinajstić information content (AvgIpc) is 2.88. The molecule has 2 heterocycles. The highest BCUT2D eigenvalue weighted by atomic mass is 35.5. The van der Waals surface area contributed by atoms with E-state index in [0.717, 1.165) is 22.5 Å². The van der Waals surface area contributed by atoms with E-state index in [1.165, 1.54) is 0 Å². The number of nitrogens with zero attached hydrogens (tertiary/aromatic N) is 3. The molecule has 0 unspecified atom stereocenters. The molecule has 5 heteroatoms. The van der Waals surface area contributed by atoms with Gasteiger partial charge in [-0.3, -0.25) is 4.57 Å². The van der Waals surface area contributed by atoms with Gasteiger partial charge in [0.1, 0.15) is 5.82 Å². The highest BCUT2D eigenvalue weighted by molar-refractivity contribution is 6.32. The van der Waals surface area contributed by atoms with Gasteiger partial charge >= 0.3 is 0 Å². The molecule has 4 nitrogen and oxygen atoms in total. The number of hydrogen-bond acceptors (Lipinski definition) is 3. The number of imidazole rings is 1. The van der Waals surface area contributed by atoms with Crippen molar-refractivity contribution in [1.29, 1.82) is 0 Å². The number of aromatic nitrogens is 3. The van der Waals surface area contributed by atoms with Gasteiger partial charge < -0.3 is 5.73 Å². The van der Waals surface area contributed by atoms with Crippen molar-refractivity contribution < 1.29 is 0 Å². The van der Waals surface area contributed by atoms with Gasteiger partial charge in [0.05, 0.1) is 28.9 Å². The lowest BCUT2D eigenvalue weighted by molar-refractivity contribution is 1.06. The van der Waals surface area contributed by atoms with Crippen LogP contribution in [0.3, 0.4) is 0 Å². The molecule has 0 amide bonds. The number of benzene rings is 1. The predicted molar refractivity (Wildman–Crippen MR) is 81.0 cm³/mol. The summed E-state index contributed by atoms with van der Waals surface area (Å²) >= 11 is 6.32. The fourth-order valence-corrected chi connectivity index (χ4v) is 2.45. The standard InChI is InChI=1S/C15H13ClN4/c1-10-4-5-13(12(16)7-10)20-9-18-8-14(20)11-3-2-6-19-15(11)17/h2-9H,1H3,(H2,17,19). The van der Waals surface area contributed by atoms with Gasteiger partial charge in [0, 0.05) is 11.8 Å². The number of anilines is 1. The molecule has 1 aromatic carbocycles. The Morgan fingerprint density at radius 1 is 1.25 bits per heavy atom. The SMILES string of the molecule is Cc1ccc(-n2cncc2-c2cccnc2N)c(Cl)c1. The highest BCUT2D eigenvalue weighted by Crippen LogP contribution is 2.29. The van der Waals surface area contributed by atoms with E-state index in [1.807, 2.05) is 41.8 Å². The van der Waals surface area contributed by atoms with Crippen LogP contribution in [-0.2, 0) is 0 Å². The van der Waals surface area contributed by atoms with Crippen LogP contribution in [-0.4, -0.2) is 14.5 Å². The molecule has 0 aliphatic rings. The Balaban J connectivity index is 2.18. The summed E-state index contributed by atoms with van der Waals surface area (Å²) in [6.07, 6.45) is 5.14. The minimum Gasteiger partial charge on any atom is -0.383 e. The van der Waals surface area contributed by atoms with Crippen LogP contribution in [0.25, 0.3) is 16.9 Å². The highest BCUT2D eigenvalue weighted by Gasteiger charge is 2.12. The molecule has 0 aliphatic carbocycles. The van der Waals surface area contributed by atoms with Gasteiger partial charge in [0.15, 0.2) is 0 Å². The Kier molecular flexibility index (Phi) is 3.16. The number of halogens is 1. The third-order valence-corrected chi connectivity index (χ3v) is 3.42. The van der Waals surface area contributed by atoms with Gasteiger partial charge in [-0.2, -0.15) is 0 Å². The minimum absolute atomic E-state index is 0.470. The predicted octanol–water partition coefficient (Wildman–Crippen LogP) is 3.48. The molecule has 20 heavy (non-hydrogen) atoms. The topological polar surface area (TPSA) is 56.7 Å². The summed E-state index contributed by atoms with van der Waals surface area (Å²) in [5, 5.41) is 0.673. The summed E-state index contributed by atoms with van der Waals surface area (Å²) in [4.78, 5) is 8.31. The molecule has 0 atom stereocenters. The van der Waals surface area contributed by atoms with Crippen molar-refractivity contribution in [3.8, 4) is 16.9 Å². The van der Waals surface area contributed by atoms with Crippen LogP contribution in [0.5, 0.6) is 0 Å². The first-order chi connectivity index (χ1) is 9.66. The molecule has 0 radical (unpaired) electrons. The smallest absolute Gasteiger partial charge is 0.132 e. The van der Waals surface area contributed by atoms with E-state index in [2.05, 4.69) is 9.97 Å². The van der Waals surface area contributed by atoms with Gasteiger partial charge in [-0.1, -0.05) is 17.7 Å². The molecule has 3 rings (SSSR count). The van der Waals surface area contributed by atoms with Crippen molar-refractivity contribution in [3.05, 3.63) is 59.6 Å². The van der Waals surface area contributed by atoms with Crippen molar-refractivity contribution in [2.75, 3.05) is 5.73 Å². The van der Waals surface area contributed by atoms with E-state index in [9.17, 15) is 0 Å². The Morgan fingerprint density at radius 2 is 2.10 bits per heavy atom. The lowest BCUT2D eigenvalue weighted by Gasteiger charge is -2.11. The summed E-state index contributed by atoms with van der Waals surface area (Å²) in [6.45, 7) is 2.00. The van der Waals surface area contributed by atoms with Crippen LogP contribution < -0.4 is 5.73 Å². The van der Waals surface area contributed by atoms with Gasteiger partial charge in [0.25, 0.3) is 0 Å². The maximum atomic E-state index is 6.32. The monoisotopic (exact) mass is 284 g/mol. The van der Waals surface area contributed by atoms with Crippen molar-refractivity contribution >= 4 is 17.4 Å². The van der Waals surface area contributed by atoms with Crippen molar-refractivity contribution in [2.24, 2.45) is 0 Å². The molecule has 0 bridgehead atoms. The molecular formula is C15H13ClN4. The van der Waals surface area contributed by atoms with Crippen LogP contribution in [0.4, 0.5) is 5.82 Å². The number of aryl methyl sites for hydroxylation is 1. The average molecular weight is 285 g/mol. The molecule has 0 aliphatic heterocycles. The van der Waals surface area contributed by atoms with E-state index in [1.54, 1.807) is 18.7 Å². The van der Waals surface area contributed by atoms with Crippen molar-refractivity contribution in [2.45, 2.75) is 6.92 Å². The summed E-state index contributed by atoms with van der Waals surface area (Å²) < 4.78 is 1.91. The van der Waals surface area contributed by atoms with E-state index in [-0.39, 0.29) is 0 Å². The van der Waals surface area contributed by atoms with E-state index in [4.69, 9.17) is 17.3 Å². The first-order valence-corrected chi connectivity index (χ1v) is 6.54. The third-order valence-electron chi connectivity index (χ3n) is 3.12. The number of hydrogen-bond donors (Lipinski definition) is 1. The third kappa shape index (κ3) is 2.14. The Labute approximate surface area is 121 Å². The lowest BCUT2D eigenvalue weighted by Crippen LogP contribution is -2.00. The zero-order chi connectivity index (χ0) is 14.1. The molecule has 0 fully saturated rings. The second kappa shape index (κ2) is 4.98. The zero-order valence-electron chi connectivity index (χ0n) is 10.9. The Morgan fingerprint density at radius 3 is 2.85 bits per heavy atom. The number of nitrogen functional groups attached to an aromatic ring is 1. The summed E-state index contributed by atoms with van der Waals surface area (Å²) in [7, 11) is 0. The molecule has 0 saturated carbocycles. The second-order valence-electron chi connectivity index (χ2n) is 4.54. The van der Waals surface area contributed by atoms with E-state index >= 15 is 0 Å². The van der Waals surface area contributed by atoms with Crippen molar-refractivity contribution in [3.63, 3.8) is 0 Å². The van der Waals surface area contributed by atoms with Crippen molar-refractivity contribution in [1.82, 2.24) is 14.5 Å². The fraction of sp³-hybridized carbons (Fsp3) is 0.0667. The van der Waals surface area contributed by atoms with Crippen LogP contribution in [0, 0.1) is 6.92 Å². The second-order valence-corrected chi connectivity index (χ2v) is 4.95. The summed E-state index contributed by atoms with van der Waals surface area (Å²) in [5.74, 6) is 0.470. The maximum Gasteiger partial charge on any atom is 0.132 e. The number of nitrogens with two attached hydrogens (primary N) is 1. The zero-order valence-corrected chi connectivity index (χ0v) is 11.7. The van der Waals surface area contributed by atoms with Gasteiger partial charge in [0.2, 0.25) is 0 Å². The normalized spacial score (nSPS) is 10.7.